The van der Waals surface area contributed by atoms with Crippen LogP contribution in [-0.2, 0) is 0 Å². The predicted molar refractivity (Wildman–Crippen MR) is 134 cm³/mol. The summed E-state index contributed by atoms with van der Waals surface area (Å²) in [5, 5.41) is 14.4. The molecule has 5 heteroatoms. The molecule has 0 spiro atoms. The number of fused-ring (bicyclic) bond motifs is 7. The van der Waals surface area contributed by atoms with Crippen LogP contribution in [0.25, 0.3) is 60.8 Å². The van der Waals surface area contributed by atoms with Crippen LogP contribution in [0.3, 0.4) is 0 Å². The third-order valence-corrected chi connectivity index (χ3v) is 6.32. The lowest BCUT2D eigenvalue weighted by Gasteiger charge is -2.10. The smallest absolute Gasteiger partial charge is 0.168 e. The van der Waals surface area contributed by atoms with Crippen molar-refractivity contribution < 1.29 is 4.42 Å². The fourth-order valence-corrected chi connectivity index (χ4v) is 4.88. The highest BCUT2D eigenvalue weighted by Crippen LogP contribution is 2.41. The molecule has 0 aliphatic rings. The number of aromatic nitrogens is 3. The molecule has 5 nitrogen and oxygen atoms in total. The second-order valence-corrected chi connectivity index (χ2v) is 8.19. The summed E-state index contributed by atoms with van der Waals surface area (Å²) in [4.78, 5) is 9.25. The van der Waals surface area contributed by atoms with Gasteiger partial charge in [-0.3, -0.25) is 0 Å². The molecule has 7 aromatic rings. The third-order valence-electron chi connectivity index (χ3n) is 6.32. The van der Waals surface area contributed by atoms with E-state index in [1.807, 2.05) is 72.8 Å². The van der Waals surface area contributed by atoms with Gasteiger partial charge in [-0.15, -0.1) is 0 Å². The average molecular weight is 436 g/mol. The Morgan fingerprint density at radius 3 is 2.32 bits per heavy atom. The Balaban J connectivity index is 1.60. The summed E-state index contributed by atoms with van der Waals surface area (Å²) in [5.74, 6) is 0.532. The van der Waals surface area contributed by atoms with Crippen molar-refractivity contribution in [3.05, 3.63) is 103 Å². The molecule has 0 unspecified atom stereocenters. The quantitative estimate of drug-likeness (QED) is 0.292. The van der Waals surface area contributed by atoms with E-state index < -0.39 is 0 Å². The molecule has 0 atom stereocenters. The van der Waals surface area contributed by atoms with Crippen molar-refractivity contribution in [2.75, 3.05) is 0 Å². The van der Waals surface area contributed by atoms with Gasteiger partial charge in [0.1, 0.15) is 22.9 Å². The van der Waals surface area contributed by atoms with Crippen LogP contribution in [0.1, 0.15) is 5.69 Å². The van der Waals surface area contributed by atoms with Crippen LogP contribution in [0.15, 0.2) is 102 Å². The fraction of sp³-hybridized carbons (Fsp3) is 0. The molecule has 7 rings (SSSR count). The molecule has 0 fully saturated rings. The molecule has 3 heterocycles. The van der Waals surface area contributed by atoms with Gasteiger partial charge >= 0.3 is 0 Å². The number of benzene rings is 4. The number of nitrogens with zero attached hydrogens (tertiary/aromatic N) is 4. The first-order valence-corrected chi connectivity index (χ1v) is 11.0. The number of hydrogen-bond donors (Lipinski definition) is 0. The van der Waals surface area contributed by atoms with E-state index in [9.17, 15) is 5.26 Å². The van der Waals surface area contributed by atoms with Crippen LogP contribution in [0.2, 0.25) is 0 Å². The molecule has 0 aliphatic carbocycles. The maximum atomic E-state index is 10.0. The average Bonchev–Trinajstić information content (AvgIpc) is 3.44. The van der Waals surface area contributed by atoms with E-state index in [4.69, 9.17) is 4.42 Å². The van der Waals surface area contributed by atoms with Gasteiger partial charge in [0.2, 0.25) is 0 Å². The van der Waals surface area contributed by atoms with Crippen LogP contribution in [-0.4, -0.2) is 14.5 Å². The normalized spacial score (nSPS) is 11.5. The van der Waals surface area contributed by atoms with Crippen LogP contribution < -0.4 is 0 Å². The summed E-state index contributed by atoms with van der Waals surface area (Å²) in [6.07, 6.45) is 1.75. The monoisotopic (exact) mass is 436 g/mol. The maximum absolute atomic E-state index is 10.0. The van der Waals surface area contributed by atoms with Gasteiger partial charge in [0.25, 0.3) is 0 Å². The molecular weight excluding hydrogens is 420 g/mol. The Morgan fingerprint density at radius 1 is 0.706 bits per heavy atom. The molecule has 0 amide bonds. The van der Waals surface area contributed by atoms with Gasteiger partial charge in [-0.25, -0.2) is 9.97 Å². The SMILES string of the molecule is N#Cc1nc(-c2ccccc2)ncc1-n1c2ccccc2c2c3c(ccc21)oc1ccccc13. The Hall–Kier alpha value is -4.95. The molecule has 0 radical (unpaired) electrons. The standard InChI is InChI=1S/C29H16N4O/c30-16-21-24(17-31-29(32-21)18-8-2-1-3-9-18)33-22-12-6-4-10-19(22)27-23(33)14-15-26-28(27)20-11-5-7-13-25(20)34-26/h1-15,17H. The molecule has 0 bridgehead atoms. The van der Waals surface area contributed by atoms with Crippen LogP contribution >= 0.6 is 0 Å². The van der Waals surface area contributed by atoms with E-state index in [1.165, 1.54) is 0 Å². The summed E-state index contributed by atoms with van der Waals surface area (Å²) >= 11 is 0. The molecule has 0 aliphatic heterocycles. The van der Waals surface area contributed by atoms with Gasteiger partial charge in [-0.2, -0.15) is 5.26 Å². The number of rotatable bonds is 2. The van der Waals surface area contributed by atoms with Gasteiger partial charge in [-0.05, 0) is 24.3 Å². The van der Waals surface area contributed by atoms with Gasteiger partial charge in [0, 0.05) is 27.1 Å². The molecule has 158 valence electrons. The summed E-state index contributed by atoms with van der Waals surface area (Å²) in [7, 11) is 0. The molecule has 0 N–H and O–H groups in total. The number of nitriles is 1. The minimum atomic E-state index is 0.327. The van der Waals surface area contributed by atoms with Crippen LogP contribution in [0.4, 0.5) is 0 Å². The lowest BCUT2D eigenvalue weighted by Crippen LogP contribution is -2.02. The van der Waals surface area contributed by atoms with Crippen LogP contribution in [0, 0.1) is 11.3 Å². The zero-order valence-electron chi connectivity index (χ0n) is 17.9. The van der Waals surface area contributed by atoms with Crippen molar-refractivity contribution in [1.29, 1.82) is 5.26 Å². The summed E-state index contributed by atoms with van der Waals surface area (Å²) in [5.41, 5.74) is 5.52. The number of hydrogen-bond acceptors (Lipinski definition) is 4. The van der Waals surface area contributed by atoms with Crippen molar-refractivity contribution >= 4 is 43.7 Å². The first-order chi connectivity index (χ1) is 16.8. The van der Waals surface area contributed by atoms with Crippen molar-refractivity contribution in [2.24, 2.45) is 0 Å². The zero-order valence-corrected chi connectivity index (χ0v) is 17.9. The highest BCUT2D eigenvalue weighted by atomic mass is 16.3. The molecule has 0 saturated carbocycles. The second kappa shape index (κ2) is 7.03. The fourth-order valence-electron chi connectivity index (χ4n) is 4.88. The van der Waals surface area contributed by atoms with Crippen molar-refractivity contribution in [3.8, 4) is 23.1 Å². The summed E-state index contributed by atoms with van der Waals surface area (Å²) < 4.78 is 8.23. The highest BCUT2D eigenvalue weighted by Gasteiger charge is 2.20. The molecule has 0 saturated heterocycles. The third kappa shape index (κ3) is 2.54. The largest absolute Gasteiger partial charge is 0.456 e. The Bertz CT molecular complexity index is 1920. The number of furan rings is 1. The van der Waals surface area contributed by atoms with Gasteiger partial charge in [-0.1, -0.05) is 66.7 Å². The first kappa shape index (κ1) is 18.6. The Kier molecular flexibility index (Phi) is 3.84. The Morgan fingerprint density at radius 2 is 1.47 bits per heavy atom. The molecule has 4 aromatic carbocycles. The maximum Gasteiger partial charge on any atom is 0.168 e. The van der Waals surface area contributed by atoms with Crippen molar-refractivity contribution in [2.45, 2.75) is 0 Å². The van der Waals surface area contributed by atoms with Gasteiger partial charge in [0.15, 0.2) is 11.5 Å². The molecular formula is C29H16N4O. The van der Waals surface area contributed by atoms with Gasteiger partial charge in [0.05, 0.1) is 17.2 Å². The molecule has 34 heavy (non-hydrogen) atoms. The number of para-hydroxylation sites is 2. The van der Waals surface area contributed by atoms with E-state index in [2.05, 4.69) is 38.8 Å². The van der Waals surface area contributed by atoms with Crippen molar-refractivity contribution in [1.82, 2.24) is 14.5 Å². The second-order valence-electron chi connectivity index (χ2n) is 8.19. The topological polar surface area (TPSA) is 67.6 Å². The van der Waals surface area contributed by atoms with Gasteiger partial charge < -0.3 is 8.98 Å². The lowest BCUT2D eigenvalue weighted by atomic mass is 10.1. The minimum Gasteiger partial charge on any atom is -0.456 e. The van der Waals surface area contributed by atoms with E-state index in [0.29, 0.717) is 17.2 Å². The summed E-state index contributed by atoms with van der Waals surface area (Å²) in [6.45, 7) is 0. The van der Waals surface area contributed by atoms with Crippen LogP contribution in [0.5, 0.6) is 0 Å². The van der Waals surface area contributed by atoms with E-state index in [-0.39, 0.29) is 0 Å². The zero-order chi connectivity index (χ0) is 22.6. The first-order valence-electron chi connectivity index (χ1n) is 11.0. The highest BCUT2D eigenvalue weighted by molar-refractivity contribution is 6.27. The summed E-state index contributed by atoms with van der Waals surface area (Å²) in [6, 6.07) is 32.4. The van der Waals surface area contributed by atoms with E-state index in [1.54, 1.807) is 6.20 Å². The lowest BCUT2D eigenvalue weighted by molar-refractivity contribution is 0.669. The Labute approximate surface area is 194 Å². The predicted octanol–water partition coefficient (Wildman–Crippen LogP) is 7.01. The minimum absolute atomic E-state index is 0.327. The van der Waals surface area contributed by atoms with Crippen molar-refractivity contribution in [3.63, 3.8) is 0 Å². The van der Waals surface area contributed by atoms with E-state index in [0.717, 1.165) is 49.3 Å². The van der Waals surface area contributed by atoms with E-state index >= 15 is 0 Å². The molecule has 3 aromatic heterocycles.